The Hall–Kier alpha value is -1.06. The van der Waals surface area contributed by atoms with Gasteiger partial charge >= 0.3 is 0 Å². The van der Waals surface area contributed by atoms with Crippen LogP contribution in [0.25, 0.3) is 0 Å². The Morgan fingerprint density at radius 2 is 1.84 bits per heavy atom. The van der Waals surface area contributed by atoms with Crippen LogP contribution in [0.1, 0.15) is 38.8 Å². The minimum absolute atomic E-state index is 0.158. The van der Waals surface area contributed by atoms with Crippen molar-refractivity contribution >= 4 is 0 Å². The third kappa shape index (κ3) is 5.21. The summed E-state index contributed by atoms with van der Waals surface area (Å²) in [6.45, 7) is 7.23. The highest BCUT2D eigenvalue weighted by atomic mass is 16.5. The first-order valence-electron chi connectivity index (χ1n) is 7.00. The van der Waals surface area contributed by atoms with E-state index in [0.29, 0.717) is 12.5 Å². The highest BCUT2D eigenvalue weighted by Gasteiger charge is 2.15. The number of nitrogens with one attached hydrogen (secondary N) is 1. The normalized spacial score (nSPS) is 14.4. The zero-order valence-corrected chi connectivity index (χ0v) is 12.8. The molecule has 108 valence electrons. The second kappa shape index (κ2) is 8.18. The Kier molecular flexibility index (Phi) is 6.89. The van der Waals surface area contributed by atoms with Gasteiger partial charge in [-0.1, -0.05) is 32.0 Å². The Morgan fingerprint density at radius 3 is 2.42 bits per heavy atom. The molecule has 0 heterocycles. The monoisotopic (exact) mass is 265 g/mol. The lowest BCUT2D eigenvalue weighted by atomic mass is 10.1. The zero-order chi connectivity index (χ0) is 14.3. The summed E-state index contributed by atoms with van der Waals surface area (Å²) in [6.07, 6.45) is 1.37. The van der Waals surface area contributed by atoms with Crippen molar-refractivity contribution in [1.29, 1.82) is 0 Å². The lowest BCUT2D eigenvalue weighted by Crippen LogP contribution is -2.25. The Labute approximate surface area is 117 Å². The van der Waals surface area contributed by atoms with E-state index in [9.17, 15) is 0 Å². The van der Waals surface area contributed by atoms with E-state index in [-0.39, 0.29) is 12.1 Å². The number of ether oxygens (including phenoxy) is 2. The highest BCUT2D eigenvalue weighted by Crippen LogP contribution is 2.25. The standard InChI is InChI=1S/C16H27NO2/c1-12(2)10-13(3)19-11-15(17-4)14-8-6-7-9-16(14)18-5/h6-9,12-13,15,17H,10-11H2,1-5H3. The second-order valence-corrected chi connectivity index (χ2v) is 5.36. The number of methoxy groups -OCH3 is 1. The third-order valence-corrected chi connectivity index (χ3v) is 3.21. The Bertz CT molecular complexity index is 366. The molecule has 0 spiro atoms. The van der Waals surface area contributed by atoms with Crippen LogP contribution in [0.4, 0.5) is 0 Å². The maximum atomic E-state index is 5.94. The number of rotatable bonds is 8. The van der Waals surface area contributed by atoms with Gasteiger partial charge in [0.25, 0.3) is 0 Å². The minimum Gasteiger partial charge on any atom is -0.496 e. The fourth-order valence-electron chi connectivity index (χ4n) is 2.28. The maximum Gasteiger partial charge on any atom is 0.123 e. The molecule has 0 aliphatic rings. The summed E-state index contributed by atoms with van der Waals surface area (Å²) in [5.74, 6) is 1.57. The molecule has 1 N–H and O–H groups in total. The van der Waals surface area contributed by atoms with Gasteiger partial charge in [0, 0.05) is 5.56 Å². The van der Waals surface area contributed by atoms with E-state index < -0.39 is 0 Å². The molecule has 0 radical (unpaired) electrons. The van der Waals surface area contributed by atoms with E-state index in [2.05, 4.69) is 32.2 Å². The first kappa shape index (κ1) is 16.0. The lowest BCUT2D eigenvalue weighted by Gasteiger charge is -2.22. The van der Waals surface area contributed by atoms with Crippen LogP contribution in [0.5, 0.6) is 5.75 Å². The van der Waals surface area contributed by atoms with Gasteiger partial charge in [-0.15, -0.1) is 0 Å². The van der Waals surface area contributed by atoms with E-state index in [1.165, 1.54) is 0 Å². The molecule has 0 saturated heterocycles. The fraction of sp³-hybridized carbons (Fsp3) is 0.625. The van der Waals surface area contributed by atoms with Crippen LogP contribution in [-0.4, -0.2) is 26.9 Å². The molecule has 0 aromatic heterocycles. The summed E-state index contributed by atoms with van der Waals surface area (Å²) in [7, 11) is 3.65. The molecule has 0 aliphatic heterocycles. The quantitative estimate of drug-likeness (QED) is 0.781. The lowest BCUT2D eigenvalue weighted by molar-refractivity contribution is 0.0379. The van der Waals surface area contributed by atoms with Crippen molar-refractivity contribution in [2.75, 3.05) is 20.8 Å². The fourth-order valence-corrected chi connectivity index (χ4v) is 2.28. The Morgan fingerprint density at radius 1 is 1.16 bits per heavy atom. The van der Waals surface area contributed by atoms with Crippen molar-refractivity contribution in [3.63, 3.8) is 0 Å². The van der Waals surface area contributed by atoms with Crippen LogP contribution >= 0.6 is 0 Å². The van der Waals surface area contributed by atoms with Gasteiger partial charge in [0.05, 0.1) is 25.9 Å². The van der Waals surface area contributed by atoms with Gasteiger partial charge in [-0.2, -0.15) is 0 Å². The van der Waals surface area contributed by atoms with Crippen molar-refractivity contribution in [3.8, 4) is 5.75 Å². The summed E-state index contributed by atoms with van der Waals surface area (Å²) < 4.78 is 11.3. The molecule has 2 unspecified atom stereocenters. The number of para-hydroxylation sites is 1. The largest absolute Gasteiger partial charge is 0.496 e. The molecule has 0 amide bonds. The van der Waals surface area contributed by atoms with Gasteiger partial charge in [0.1, 0.15) is 5.75 Å². The van der Waals surface area contributed by atoms with E-state index in [1.54, 1.807) is 7.11 Å². The van der Waals surface area contributed by atoms with Gasteiger partial charge in [-0.25, -0.2) is 0 Å². The van der Waals surface area contributed by atoms with Crippen LogP contribution in [0.3, 0.4) is 0 Å². The first-order valence-corrected chi connectivity index (χ1v) is 7.00. The predicted octanol–water partition coefficient (Wildman–Crippen LogP) is 3.41. The van der Waals surface area contributed by atoms with Crippen LogP contribution < -0.4 is 10.1 Å². The molecule has 1 aromatic carbocycles. The topological polar surface area (TPSA) is 30.5 Å². The molecule has 1 rings (SSSR count). The van der Waals surface area contributed by atoms with Crippen molar-refractivity contribution in [1.82, 2.24) is 5.32 Å². The number of likely N-dealkylation sites (N-methyl/N-ethyl adjacent to an activating group) is 1. The molecule has 1 aromatic rings. The average molecular weight is 265 g/mol. The molecular weight excluding hydrogens is 238 g/mol. The SMILES string of the molecule is CNC(COC(C)CC(C)C)c1ccccc1OC. The summed E-state index contributed by atoms with van der Waals surface area (Å²) in [6, 6.07) is 8.23. The molecular formula is C16H27NO2. The van der Waals surface area contributed by atoms with Gasteiger partial charge in [-0.3, -0.25) is 0 Å². The molecule has 19 heavy (non-hydrogen) atoms. The maximum absolute atomic E-state index is 5.94. The average Bonchev–Trinajstić information content (AvgIpc) is 2.39. The summed E-state index contributed by atoms with van der Waals surface area (Å²) >= 11 is 0. The summed E-state index contributed by atoms with van der Waals surface area (Å²) in [5.41, 5.74) is 1.14. The molecule has 0 saturated carbocycles. The number of hydrogen-bond acceptors (Lipinski definition) is 3. The smallest absolute Gasteiger partial charge is 0.123 e. The van der Waals surface area contributed by atoms with Gasteiger partial charge < -0.3 is 14.8 Å². The van der Waals surface area contributed by atoms with E-state index >= 15 is 0 Å². The highest BCUT2D eigenvalue weighted by molar-refractivity contribution is 5.35. The molecule has 3 nitrogen and oxygen atoms in total. The van der Waals surface area contributed by atoms with E-state index in [4.69, 9.17) is 9.47 Å². The van der Waals surface area contributed by atoms with Gasteiger partial charge in [0.15, 0.2) is 0 Å². The van der Waals surface area contributed by atoms with E-state index in [1.807, 2.05) is 25.2 Å². The van der Waals surface area contributed by atoms with Crippen LogP contribution in [-0.2, 0) is 4.74 Å². The number of hydrogen-bond donors (Lipinski definition) is 1. The number of benzene rings is 1. The zero-order valence-electron chi connectivity index (χ0n) is 12.8. The molecule has 0 bridgehead atoms. The van der Waals surface area contributed by atoms with Crippen molar-refractivity contribution in [2.24, 2.45) is 5.92 Å². The molecule has 2 atom stereocenters. The molecule has 0 fully saturated rings. The van der Waals surface area contributed by atoms with Gasteiger partial charge in [-0.05, 0) is 32.4 Å². The molecule has 3 heteroatoms. The molecule has 0 aliphatic carbocycles. The van der Waals surface area contributed by atoms with Crippen LogP contribution in [0.15, 0.2) is 24.3 Å². The summed E-state index contributed by atoms with van der Waals surface area (Å²) in [4.78, 5) is 0. The second-order valence-electron chi connectivity index (χ2n) is 5.36. The Balaban J connectivity index is 2.62. The first-order chi connectivity index (χ1) is 9.08. The predicted molar refractivity (Wildman–Crippen MR) is 79.7 cm³/mol. The van der Waals surface area contributed by atoms with E-state index in [0.717, 1.165) is 17.7 Å². The minimum atomic E-state index is 0.158. The van der Waals surface area contributed by atoms with Crippen molar-refractivity contribution in [2.45, 2.75) is 39.3 Å². The summed E-state index contributed by atoms with van der Waals surface area (Å²) in [5, 5.41) is 3.30. The van der Waals surface area contributed by atoms with Crippen molar-refractivity contribution < 1.29 is 9.47 Å². The van der Waals surface area contributed by atoms with Crippen LogP contribution in [0.2, 0.25) is 0 Å². The van der Waals surface area contributed by atoms with Crippen LogP contribution in [0, 0.1) is 5.92 Å². The van der Waals surface area contributed by atoms with Crippen molar-refractivity contribution in [3.05, 3.63) is 29.8 Å². The van der Waals surface area contributed by atoms with Gasteiger partial charge in [0.2, 0.25) is 0 Å². The third-order valence-electron chi connectivity index (χ3n) is 3.21.